The highest BCUT2D eigenvalue weighted by Crippen LogP contribution is 2.38. The molecule has 1 aromatic carbocycles. The molecule has 0 saturated carbocycles. The zero-order valence-electron chi connectivity index (χ0n) is 10.3. The van der Waals surface area contributed by atoms with Crippen LogP contribution in [0, 0.1) is 5.92 Å². The first kappa shape index (κ1) is 12.0. The first-order valence-electron chi connectivity index (χ1n) is 5.89. The van der Waals surface area contributed by atoms with Crippen LogP contribution in [0.4, 0.5) is 0 Å². The van der Waals surface area contributed by atoms with E-state index >= 15 is 0 Å². The van der Waals surface area contributed by atoms with Crippen molar-refractivity contribution in [2.45, 2.75) is 12.8 Å². The van der Waals surface area contributed by atoms with E-state index in [0.29, 0.717) is 17.4 Å². The minimum atomic E-state index is 0.287. The third-order valence-corrected chi connectivity index (χ3v) is 3.28. The number of hydrogen-bond donors (Lipinski definition) is 2. The predicted molar refractivity (Wildman–Crippen MR) is 65.9 cm³/mol. The summed E-state index contributed by atoms with van der Waals surface area (Å²) < 4.78 is 10.6. The highest BCUT2D eigenvalue weighted by molar-refractivity contribution is 5.53. The Kier molecular flexibility index (Phi) is 3.74. The van der Waals surface area contributed by atoms with Gasteiger partial charge < -0.3 is 19.9 Å². The van der Waals surface area contributed by atoms with Crippen LogP contribution < -0.4 is 14.8 Å². The van der Waals surface area contributed by atoms with Gasteiger partial charge in [-0.1, -0.05) is 0 Å². The molecule has 1 aromatic rings. The molecule has 0 aliphatic carbocycles. The van der Waals surface area contributed by atoms with E-state index in [2.05, 4.69) is 5.32 Å². The molecule has 0 amide bonds. The quantitative estimate of drug-likeness (QED) is 0.834. The summed E-state index contributed by atoms with van der Waals surface area (Å²) in [5, 5.41) is 13.3. The minimum Gasteiger partial charge on any atom is -0.508 e. The van der Waals surface area contributed by atoms with Crippen molar-refractivity contribution in [3.63, 3.8) is 0 Å². The molecule has 1 fully saturated rings. The number of ether oxygens (including phenoxy) is 2. The van der Waals surface area contributed by atoms with Crippen LogP contribution in [-0.2, 0) is 6.42 Å². The SMILES string of the molecule is COc1ccc(O)c(CC2CCNC2)c1OC. The van der Waals surface area contributed by atoms with Gasteiger partial charge in [-0.3, -0.25) is 0 Å². The third kappa shape index (κ3) is 2.47. The molecule has 94 valence electrons. The van der Waals surface area contributed by atoms with Crippen LogP contribution >= 0.6 is 0 Å². The summed E-state index contributed by atoms with van der Waals surface area (Å²) in [4.78, 5) is 0. The summed E-state index contributed by atoms with van der Waals surface area (Å²) in [6, 6.07) is 3.39. The number of rotatable bonds is 4. The van der Waals surface area contributed by atoms with E-state index in [4.69, 9.17) is 9.47 Å². The number of phenols is 1. The van der Waals surface area contributed by atoms with E-state index in [9.17, 15) is 5.11 Å². The summed E-state index contributed by atoms with van der Waals surface area (Å²) >= 11 is 0. The number of hydrogen-bond acceptors (Lipinski definition) is 4. The fourth-order valence-corrected chi connectivity index (χ4v) is 2.36. The van der Waals surface area contributed by atoms with Gasteiger partial charge in [0.05, 0.1) is 14.2 Å². The van der Waals surface area contributed by atoms with Gasteiger partial charge in [-0.2, -0.15) is 0 Å². The van der Waals surface area contributed by atoms with Crippen LogP contribution in [0.1, 0.15) is 12.0 Å². The highest BCUT2D eigenvalue weighted by atomic mass is 16.5. The van der Waals surface area contributed by atoms with Gasteiger partial charge in [0.1, 0.15) is 5.75 Å². The molecule has 0 aromatic heterocycles. The van der Waals surface area contributed by atoms with E-state index in [1.165, 1.54) is 0 Å². The first-order valence-corrected chi connectivity index (χ1v) is 5.89. The zero-order chi connectivity index (χ0) is 12.3. The summed E-state index contributed by atoms with van der Waals surface area (Å²) in [5.74, 6) is 2.17. The second-order valence-corrected chi connectivity index (χ2v) is 4.36. The standard InChI is InChI=1S/C13H19NO3/c1-16-12-4-3-11(15)10(13(12)17-2)7-9-5-6-14-8-9/h3-4,9,14-15H,5-8H2,1-2H3. The topological polar surface area (TPSA) is 50.7 Å². The van der Waals surface area contributed by atoms with Gasteiger partial charge in [-0.25, -0.2) is 0 Å². The van der Waals surface area contributed by atoms with E-state index in [-0.39, 0.29) is 5.75 Å². The smallest absolute Gasteiger partial charge is 0.167 e. The van der Waals surface area contributed by atoms with E-state index < -0.39 is 0 Å². The van der Waals surface area contributed by atoms with Crippen molar-refractivity contribution in [2.24, 2.45) is 5.92 Å². The molecule has 1 aliphatic rings. The zero-order valence-corrected chi connectivity index (χ0v) is 10.3. The van der Waals surface area contributed by atoms with Crippen molar-refractivity contribution in [3.05, 3.63) is 17.7 Å². The lowest BCUT2D eigenvalue weighted by molar-refractivity contribution is 0.344. The average molecular weight is 237 g/mol. The second kappa shape index (κ2) is 5.27. The summed E-state index contributed by atoms with van der Waals surface area (Å²) in [6.07, 6.45) is 1.96. The van der Waals surface area contributed by atoms with Gasteiger partial charge in [-0.15, -0.1) is 0 Å². The van der Waals surface area contributed by atoms with Gasteiger partial charge in [0, 0.05) is 5.56 Å². The molecule has 0 bridgehead atoms. The number of methoxy groups -OCH3 is 2. The van der Waals surface area contributed by atoms with Crippen molar-refractivity contribution in [2.75, 3.05) is 27.3 Å². The van der Waals surface area contributed by atoms with Crippen LogP contribution in [0.15, 0.2) is 12.1 Å². The summed E-state index contributed by atoms with van der Waals surface area (Å²) in [6.45, 7) is 2.05. The molecule has 0 radical (unpaired) electrons. The Bertz CT molecular complexity index is 386. The molecule has 2 N–H and O–H groups in total. The minimum absolute atomic E-state index is 0.287. The Morgan fingerprint density at radius 3 is 2.76 bits per heavy atom. The maximum atomic E-state index is 9.95. The van der Waals surface area contributed by atoms with Gasteiger partial charge in [-0.05, 0) is 44.0 Å². The lowest BCUT2D eigenvalue weighted by atomic mass is 9.97. The summed E-state index contributed by atoms with van der Waals surface area (Å²) in [7, 11) is 3.21. The molecule has 4 nitrogen and oxygen atoms in total. The maximum absolute atomic E-state index is 9.95. The van der Waals surface area contributed by atoms with Crippen molar-refractivity contribution < 1.29 is 14.6 Å². The van der Waals surface area contributed by atoms with E-state index in [1.54, 1.807) is 26.4 Å². The first-order chi connectivity index (χ1) is 8.26. The van der Waals surface area contributed by atoms with Crippen molar-refractivity contribution in [3.8, 4) is 17.2 Å². The molecule has 1 aliphatic heterocycles. The van der Waals surface area contributed by atoms with Crippen LogP contribution in [0.5, 0.6) is 17.2 Å². The Hall–Kier alpha value is -1.42. The van der Waals surface area contributed by atoms with Gasteiger partial charge in [0.15, 0.2) is 11.5 Å². The number of phenolic OH excluding ortho intramolecular Hbond substituents is 1. The van der Waals surface area contributed by atoms with Crippen LogP contribution in [0.3, 0.4) is 0 Å². The maximum Gasteiger partial charge on any atom is 0.167 e. The second-order valence-electron chi connectivity index (χ2n) is 4.36. The lowest BCUT2D eigenvalue weighted by Crippen LogP contribution is -2.11. The number of nitrogens with one attached hydrogen (secondary N) is 1. The Balaban J connectivity index is 2.29. The monoisotopic (exact) mass is 237 g/mol. The van der Waals surface area contributed by atoms with Crippen molar-refractivity contribution in [1.82, 2.24) is 5.32 Å². The fourth-order valence-electron chi connectivity index (χ4n) is 2.36. The van der Waals surface area contributed by atoms with Crippen molar-refractivity contribution in [1.29, 1.82) is 0 Å². The predicted octanol–water partition coefficient (Wildman–Crippen LogP) is 1.56. The molecule has 17 heavy (non-hydrogen) atoms. The van der Waals surface area contributed by atoms with Crippen molar-refractivity contribution >= 4 is 0 Å². The average Bonchev–Trinajstić information content (AvgIpc) is 2.84. The lowest BCUT2D eigenvalue weighted by Gasteiger charge is -2.16. The molecule has 1 atom stereocenters. The normalized spacial score (nSPS) is 19.3. The molecule has 0 spiro atoms. The van der Waals surface area contributed by atoms with Crippen LogP contribution in [0.2, 0.25) is 0 Å². The Labute approximate surface area is 102 Å². The fraction of sp³-hybridized carbons (Fsp3) is 0.538. The molecular weight excluding hydrogens is 218 g/mol. The highest BCUT2D eigenvalue weighted by Gasteiger charge is 2.21. The molecule has 2 rings (SSSR count). The Morgan fingerprint density at radius 2 is 2.18 bits per heavy atom. The molecular formula is C13H19NO3. The molecule has 1 saturated heterocycles. The van der Waals surface area contributed by atoms with E-state index in [0.717, 1.165) is 31.5 Å². The van der Waals surface area contributed by atoms with Gasteiger partial charge in [0.25, 0.3) is 0 Å². The number of benzene rings is 1. The summed E-state index contributed by atoms with van der Waals surface area (Å²) in [5.41, 5.74) is 0.848. The van der Waals surface area contributed by atoms with Gasteiger partial charge >= 0.3 is 0 Å². The molecule has 1 unspecified atom stereocenters. The van der Waals surface area contributed by atoms with Crippen LogP contribution in [-0.4, -0.2) is 32.4 Å². The van der Waals surface area contributed by atoms with Gasteiger partial charge in [0.2, 0.25) is 0 Å². The van der Waals surface area contributed by atoms with E-state index in [1.807, 2.05) is 0 Å². The third-order valence-electron chi connectivity index (χ3n) is 3.28. The molecule has 4 heteroatoms. The molecule has 1 heterocycles. The van der Waals surface area contributed by atoms with Crippen LogP contribution in [0.25, 0.3) is 0 Å². The Morgan fingerprint density at radius 1 is 1.35 bits per heavy atom. The largest absolute Gasteiger partial charge is 0.508 e. The number of aromatic hydroxyl groups is 1.